The average molecular weight is 989 g/mol. The molecular formula is C64H125NO5. The summed E-state index contributed by atoms with van der Waals surface area (Å²) in [5.41, 5.74) is 0. The number of unbranched alkanes of at least 4 members (excludes halogenated alkanes) is 47. The number of nitrogens with one attached hydrogen (secondary N) is 1. The third-order valence-corrected chi connectivity index (χ3v) is 15.1. The molecule has 1 amide bonds. The number of esters is 1. The summed E-state index contributed by atoms with van der Waals surface area (Å²) in [6.45, 7) is 4.96. The van der Waals surface area contributed by atoms with E-state index in [-0.39, 0.29) is 18.5 Å². The highest BCUT2D eigenvalue weighted by Gasteiger charge is 2.20. The molecule has 0 fully saturated rings. The van der Waals surface area contributed by atoms with Crippen LogP contribution in [-0.2, 0) is 14.3 Å². The van der Waals surface area contributed by atoms with Gasteiger partial charge in [-0.3, -0.25) is 9.59 Å². The van der Waals surface area contributed by atoms with E-state index in [1.54, 1.807) is 0 Å². The number of ether oxygens (including phenoxy) is 1. The number of amides is 1. The van der Waals surface area contributed by atoms with E-state index in [4.69, 9.17) is 4.74 Å². The predicted molar refractivity (Wildman–Crippen MR) is 306 cm³/mol. The van der Waals surface area contributed by atoms with Crippen LogP contribution in [0, 0.1) is 0 Å². The van der Waals surface area contributed by atoms with Crippen LogP contribution in [0.1, 0.15) is 361 Å². The molecular weight excluding hydrogens is 863 g/mol. The molecule has 0 aliphatic heterocycles. The first-order valence-corrected chi connectivity index (χ1v) is 31.9. The largest absolute Gasteiger partial charge is 0.466 e. The van der Waals surface area contributed by atoms with E-state index in [1.807, 2.05) is 0 Å². The first kappa shape index (κ1) is 68.6. The van der Waals surface area contributed by atoms with Crippen LogP contribution in [0.25, 0.3) is 0 Å². The van der Waals surface area contributed by atoms with Crippen molar-refractivity contribution in [1.82, 2.24) is 5.32 Å². The van der Waals surface area contributed by atoms with Crippen molar-refractivity contribution in [3.63, 3.8) is 0 Å². The average Bonchev–Trinajstić information content (AvgIpc) is 3.36. The minimum Gasteiger partial charge on any atom is -0.466 e. The van der Waals surface area contributed by atoms with Gasteiger partial charge in [0.05, 0.1) is 25.4 Å². The maximum Gasteiger partial charge on any atom is 0.305 e. The molecule has 0 aliphatic carbocycles. The maximum absolute atomic E-state index is 12.5. The van der Waals surface area contributed by atoms with Gasteiger partial charge in [-0.25, -0.2) is 0 Å². The van der Waals surface area contributed by atoms with Crippen LogP contribution in [0.15, 0.2) is 12.2 Å². The Morgan fingerprint density at radius 1 is 0.386 bits per heavy atom. The smallest absolute Gasteiger partial charge is 0.305 e. The Morgan fingerprint density at radius 3 is 1.01 bits per heavy atom. The zero-order valence-electron chi connectivity index (χ0n) is 47.5. The maximum atomic E-state index is 12.5. The summed E-state index contributed by atoms with van der Waals surface area (Å²) in [7, 11) is 0. The summed E-state index contributed by atoms with van der Waals surface area (Å²) < 4.78 is 5.46. The van der Waals surface area contributed by atoms with Crippen molar-refractivity contribution in [1.29, 1.82) is 0 Å². The van der Waals surface area contributed by atoms with Gasteiger partial charge in [0.25, 0.3) is 0 Å². The molecule has 2 unspecified atom stereocenters. The lowest BCUT2D eigenvalue weighted by molar-refractivity contribution is -0.143. The zero-order valence-corrected chi connectivity index (χ0v) is 47.5. The molecule has 0 rings (SSSR count). The molecule has 0 aliphatic rings. The zero-order chi connectivity index (χ0) is 50.7. The van der Waals surface area contributed by atoms with Crippen molar-refractivity contribution in [3.05, 3.63) is 12.2 Å². The summed E-state index contributed by atoms with van der Waals surface area (Å²) >= 11 is 0. The minimum absolute atomic E-state index is 0.00000712. The number of carbonyl (C=O) groups is 2. The molecule has 0 aromatic heterocycles. The second-order valence-corrected chi connectivity index (χ2v) is 22.1. The fourth-order valence-corrected chi connectivity index (χ4v) is 10.2. The topological polar surface area (TPSA) is 95.9 Å². The molecule has 0 saturated carbocycles. The highest BCUT2D eigenvalue weighted by atomic mass is 16.5. The Balaban J connectivity index is 3.44. The molecule has 0 bridgehead atoms. The number of hydrogen-bond donors (Lipinski definition) is 3. The second-order valence-electron chi connectivity index (χ2n) is 22.1. The molecule has 2 atom stereocenters. The van der Waals surface area contributed by atoms with Crippen LogP contribution in [0.2, 0.25) is 0 Å². The molecule has 0 radical (unpaired) electrons. The Bertz CT molecular complexity index is 1050. The molecule has 416 valence electrons. The lowest BCUT2D eigenvalue weighted by Crippen LogP contribution is -2.45. The van der Waals surface area contributed by atoms with E-state index >= 15 is 0 Å². The van der Waals surface area contributed by atoms with Crippen molar-refractivity contribution >= 4 is 11.9 Å². The number of carbonyl (C=O) groups excluding carboxylic acids is 2. The monoisotopic (exact) mass is 988 g/mol. The Morgan fingerprint density at radius 2 is 0.671 bits per heavy atom. The third kappa shape index (κ3) is 55.9. The molecule has 0 aromatic carbocycles. The van der Waals surface area contributed by atoms with Crippen molar-refractivity contribution in [2.45, 2.75) is 373 Å². The standard InChI is InChI=1S/C64H125NO5/c1-3-5-7-9-11-13-15-17-18-19-20-21-22-23-24-25-27-30-33-36-40-44-48-52-56-62(67)61(60-66)65-63(68)57-53-49-45-41-37-34-31-28-26-29-32-35-39-43-47-51-55-59-70-64(69)58-54-50-46-42-38-16-14-12-10-8-6-4-2/h26,29,61-62,66-67H,3-25,27-28,30-60H2,1-2H3,(H,65,68)/b29-26-. The Hall–Kier alpha value is -1.40. The first-order chi connectivity index (χ1) is 34.5. The van der Waals surface area contributed by atoms with Crippen molar-refractivity contribution in [3.8, 4) is 0 Å². The van der Waals surface area contributed by atoms with Gasteiger partial charge in [0.15, 0.2) is 0 Å². The highest BCUT2D eigenvalue weighted by molar-refractivity contribution is 5.76. The SMILES string of the molecule is CCCCCCCCCCCCCCCCCCCCCCCCCCC(O)C(CO)NC(=O)CCCCCCCCC/C=C\CCCCCCCCOC(=O)CCCCCCCCCCCCCC. The Kier molecular flexibility index (Phi) is 59.0. The number of rotatable bonds is 60. The molecule has 6 heteroatoms. The van der Waals surface area contributed by atoms with Gasteiger partial charge in [-0.1, -0.05) is 309 Å². The van der Waals surface area contributed by atoms with E-state index in [1.165, 1.54) is 276 Å². The number of aliphatic hydroxyl groups is 2. The first-order valence-electron chi connectivity index (χ1n) is 31.9. The summed E-state index contributed by atoms with van der Waals surface area (Å²) in [4.78, 5) is 24.5. The summed E-state index contributed by atoms with van der Waals surface area (Å²) in [5, 5.41) is 23.4. The molecule has 0 saturated heterocycles. The molecule has 6 nitrogen and oxygen atoms in total. The van der Waals surface area contributed by atoms with Crippen LogP contribution in [0.3, 0.4) is 0 Å². The van der Waals surface area contributed by atoms with Crippen LogP contribution < -0.4 is 5.32 Å². The number of hydrogen-bond acceptors (Lipinski definition) is 5. The third-order valence-electron chi connectivity index (χ3n) is 15.1. The molecule has 0 spiro atoms. The van der Waals surface area contributed by atoms with Gasteiger partial charge in [-0.05, 0) is 51.4 Å². The van der Waals surface area contributed by atoms with Gasteiger partial charge >= 0.3 is 5.97 Å². The predicted octanol–water partition coefficient (Wildman–Crippen LogP) is 20.0. The van der Waals surface area contributed by atoms with Crippen molar-refractivity contribution in [2.75, 3.05) is 13.2 Å². The Labute approximate surface area is 438 Å². The molecule has 3 N–H and O–H groups in total. The van der Waals surface area contributed by atoms with E-state index in [0.717, 1.165) is 51.4 Å². The van der Waals surface area contributed by atoms with Crippen LogP contribution in [-0.4, -0.2) is 47.4 Å². The summed E-state index contributed by atoms with van der Waals surface area (Å²) in [6, 6.07) is -0.551. The molecule has 70 heavy (non-hydrogen) atoms. The lowest BCUT2D eigenvalue weighted by atomic mass is 10.0. The fraction of sp³-hybridized carbons (Fsp3) is 0.938. The van der Waals surface area contributed by atoms with Crippen molar-refractivity contribution < 1.29 is 24.5 Å². The summed E-state index contributed by atoms with van der Waals surface area (Å²) in [5.74, 6) is -0.0425. The van der Waals surface area contributed by atoms with Crippen LogP contribution in [0.4, 0.5) is 0 Å². The minimum atomic E-state index is -0.673. The fourth-order valence-electron chi connectivity index (χ4n) is 10.2. The van der Waals surface area contributed by atoms with E-state index in [2.05, 4.69) is 31.3 Å². The van der Waals surface area contributed by atoms with Crippen LogP contribution in [0.5, 0.6) is 0 Å². The van der Waals surface area contributed by atoms with Gasteiger partial charge < -0.3 is 20.3 Å². The lowest BCUT2D eigenvalue weighted by Gasteiger charge is -2.22. The van der Waals surface area contributed by atoms with E-state index in [9.17, 15) is 19.8 Å². The van der Waals surface area contributed by atoms with Gasteiger partial charge in [0, 0.05) is 12.8 Å². The number of aliphatic hydroxyl groups excluding tert-OH is 2. The van der Waals surface area contributed by atoms with Crippen LogP contribution >= 0.6 is 0 Å². The summed E-state index contributed by atoms with van der Waals surface area (Å²) in [6.07, 6.45) is 72.2. The van der Waals surface area contributed by atoms with E-state index in [0.29, 0.717) is 25.9 Å². The highest BCUT2D eigenvalue weighted by Crippen LogP contribution is 2.18. The van der Waals surface area contributed by atoms with Gasteiger partial charge in [-0.2, -0.15) is 0 Å². The quantitative estimate of drug-likeness (QED) is 0.0321. The second kappa shape index (κ2) is 60.2. The van der Waals surface area contributed by atoms with Gasteiger partial charge in [0.2, 0.25) is 5.91 Å². The molecule has 0 heterocycles. The molecule has 0 aromatic rings. The number of allylic oxidation sites excluding steroid dienone is 2. The normalized spacial score (nSPS) is 12.6. The van der Waals surface area contributed by atoms with E-state index < -0.39 is 12.1 Å². The van der Waals surface area contributed by atoms with Gasteiger partial charge in [-0.15, -0.1) is 0 Å². The van der Waals surface area contributed by atoms with Gasteiger partial charge in [0.1, 0.15) is 0 Å². The van der Waals surface area contributed by atoms with Crippen molar-refractivity contribution in [2.24, 2.45) is 0 Å².